The number of amides is 1. The highest BCUT2D eigenvalue weighted by Gasteiger charge is 2.33. The Morgan fingerprint density at radius 3 is 2.65 bits per heavy atom. The van der Waals surface area contributed by atoms with Gasteiger partial charge in [0.1, 0.15) is 16.6 Å². The first-order valence-corrected chi connectivity index (χ1v) is 8.37. The van der Waals surface area contributed by atoms with E-state index in [1.165, 1.54) is 0 Å². The molecule has 0 bridgehead atoms. The van der Waals surface area contributed by atoms with Gasteiger partial charge in [0.2, 0.25) is 0 Å². The van der Waals surface area contributed by atoms with Crippen molar-refractivity contribution < 1.29 is 19.4 Å². The van der Waals surface area contributed by atoms with Gasteiger partial charge in [-0.15, -0.1) is 0 Å². The normalized spacial score (nSPS) is 17.7. The third-order valence-corrected chi connectivity index (χ3v) is 4.63. The first-order valence-electron chi connectivity index (χ1n) is 7.14. The molecular weight excluding hydrogens is 334 g/mol. The van der Waals surface area contributed by atoms with E-state index >= 15 is 0 Å². The Hall–Kier alpha value is -1.86. The van der Waals surface area contributed by atoms with Crippen molar-refractivity contribution in [3.05, 3.63) is 34.7 Å². The van der Waals surface area contributed by atoms with Gasteiger partial charge in [-0.25, -0.2) is 0 Å². The van der Waals surface area contributed by atoms with Gasteiger partial charge in [0, 0.05) is 0 Å². The fourth-order valence-electron chi connectivity index (χ4n) is 1.88. The molecule has 1 heterocycles. The van der Waals surface area contributed by atoms with Gasteiger partial charge in [-0.3, -0.25) is 14.5 Å². The predicted octanol–water partition coefficient (Wildman–Crippen LogP) is 3.15. The van der Waals surface area contributed by atoms with Gasteiger partial charge >= 0.3 is 5.97 Å². The first kappa shape index (κ1) is 17.5. The summed E-state index contributed by atoms with van der Waals surface area (Å²) in [5.74, 6) is -0.689. The van der Waals surface area contributed by atoms with Crippen molar-refractivity contribution in [3.63, 3.8) is 0 Å². The Kier molecular flexibility index (Phi) is 5.79. The number of carboxylic acid groups (broad SMARTS) is 1. The van der Waals surface area contributed by atoms with Crippen LogP contribution in [0.5, 0.6) is 5.75 Å². The maximum Gasteiger partial charge on any atom is 0.323 e. The Bertz CT molecular complexity index is 655. The molecule has 1 saturated heterocycles. The lowest BCUT2D eigenvalue weighted by Gasteiger charge is -2.12. The van der Waals surface area contributed by atoms with E-state index in [1.807, 2.05) is 31.2 Å². The number of nitrogens with zero attached hydrogens (tertiary/aromatic N) is 1. The predicted molar refractivity (Wildman–Crippen MR) is 94.3 cm³/mol. The summed E-state index contributed by atoms with van der Waals surface area (Å²) in [5.41, 5.74) is 0.831. The smallest absolute Gasteiger partial charge is 0.323 e. The van der Waals surface area contributed by atoms with Crippen molar-refractivity contribution in [2.75, 3.05) is 6.54 Å². The van der Waals surface area contributed by atoms with Crippen molar-refractivity contribution in [3.8, 4) is 5.75 Å². The second-order valence-electron chi connectivity index (χ2n) is 5.07. The van der Waals surface area contributed by atoms with Gasteiger partial charge in [0.05, 0.1) is 11.0 Å². The van der Waals surface area contributed by atoms with Crippen LogP contribution in [-0.4, -0.2) is 38.9 Å². The van der Waals surface area contributed by atoms with Gasteiger partial charge < -0.3 is 9.84 Å². The van der Waals surface area contributed by atoms with E-state index in [-0.39, 0.29) is 16.3 Å². The van der Waals surface area contributed by atoms with E-state index in [0.29, 0.717) is 4.91 Å². The second kappa shape index (κ2) is 7.61. The molecule has 1 amide bonds. The average molecular weight is 351 g/mol. The van der Waals surface area contributed by atoms with Crippen LogP contribution >= 0.6 is 24.0 Å². The molecule has 0 aromatic heterocycles. The third kappa shape index (κ3) is 4.56. The highest BCUT2D eigenvalue weighted by atomic mass is 32.2. The van der Waals surface area contributed by atoms with Crippen LogP contribution in [0, 0.1) is 0 Å². The Balaban J connectivity index is 2.11. The molecule has 1 aliphatic heterocycles. The number of carbonyl (C=O) groups is 2. The maximum absolute atomic E-state index is 12.2. The molecule has 23 heavy (non-hydrogen) atoms. The molecule has 0 unspecified atom stereocenters. The Morgan fingerprint density at radius 1 is 1.43 bits per heavy atom. The summed E-state index contributed by atoms with van der Waals surface area (Å²) >= 11 is 6.17. The number of hydrogen-bond donors (Lipinski definition) is 1. The SMILES string of the molecule is CC[C@H](C)Oc1ccc(/C=C2/SC(=S)N(CC(=O)O)C2=O)cc1. The molecule has 0 aliphatic carbocycles. The summed E-state index contributed by atoms with van der Waals surface area (Å²) in [6.07, 6.45) is 2.77. The van der Waals surface area contributed by atoms with E-state index in [1.54, 1.807) is 6.08 Å². The Labute approximate surface area is 144 Å². The monoisotopic (exact) mass is 351 g/mol. The van der Waals surface area contributed by atoms with Crippen molar-refractivity contribution in [2.45, 2.75) is 26.4 Å². The molecule has 5 nitrogen and oxygen atoms in total. The number of aliphatic carboxylic acids is 1. The Morgan fingerprint density at radius 2 is 2.09 bits per heavy atom. The van der Waals surface area contributed by atoms with Gasteiger partial charge in [0.25, 0.3) is 5.91 Å². The molecule has 1 aromatic rings. The molecular formula is C16H17NO4S2. The van der Waals surface area contributed by atoms with E-state index < -0.39 is 12.5 Å². The van der Waals surface area contributed by atoms with Gasteiger partial charge in [0.15, 0.2) is 0 Å². The van der Waals surface area contributed by atoms with Crippen molar-refractivity contribution in [2.24, 2.45) is 0 Å². The topological polar surface area (TPSA) is 66.8 Å². The lowest BCUT2D eigenvalue weighted by Crippen LogP contribution is -2.33. The summed E-state index contributed by atoms with van der Waals surface area (Å²) in [6, 6.07) is 7.38. The van der Waals surface area contributed by atoms with E-state index in [0.717, 1.165) is 34.4 Å². The van der Waals surface area contributed by atoms with Gasteiger partial charge in [-0.05, 0) is 37.1 Å². The first-order chi connectivity index (χ1) is 10.9. The summed E-state index contributed by atoms with van der Waals surface area (Å²) in [4.78, 5) is 24.4. The zero-order chi connectivity index (χ0) is 17.0. The van der Waals surface area contributed by atoms with Gasteiger partial charge in [-0.1, -0.05) is 43.0 Å². The molecule has 122 valence electrons. The third-order valence-electron chi connectivity index (χ3n) is 3.26. The molecule has 1 aromatic carbocycles. The van der Waals surface area contributed by atoms with Crippen molar-refractivity contribution in [1.29, 1.82) is 0 Å². The molecule has 1 atom stereocenters. The molecule has 2 rings (SSSR count). The zero-order valence-electron chi connectivity index (χ0n) is 12.8. The lowest BCUT2D eigenvalue weighted by atomic mass is 10.2. The maximum atomic E-state index is 12.2. The molecule has 0 radical (unpaired) electrons. The fraction of sp³-hybridized carbons (Fsp3) is 0.312. The van der Waals surface area contributed by atoms with E-state index in [2.05, 4.69) is 6.92 Å². The van der Waals surface area contributed by atoms with E-state index in [9.17, 15) is 9.59 Å². The van der Waals surface area contributed by atoms with Crippen LogP contribution < -0.4 is 4.74 Å². The summed E-state index contributed by atoms with van der Waals surface area (Å²) in [5, 5.41) is 8.81. The van der Waals surface area contributed by atoms with Crippen molar-refractivity contribution >= 4 is 46.3 Å². The summed E-state index contributed by atoms with van der Waals surface area (Å²) < 4.78 is 5.96. The van der Waals surface area contributed by atoms with Crippen LogP contribution in [0.2, 0.25) is 0 Å². The standard InChI is InChI=1S/C16H17NO4S2/c1-3-10(2)21-12-6-4-11(5-7-12)8-13-15(20)17(9-14(18)19)16(22)23-13/h4-8,10H,3,9H2,1-2H3,(H,18,19)/b13-8+/t10-/m0/s1. The summed E-state index contributed by atoms with van der Waals surface area (Å²) in [6.45, 7) is 3.64. The van der Waals surface area contributed by atoms with Crippen LogP contribution in [0.4, 0.5) is 0 Å². The molecule has 1 fully saturated rings. The average Bonchev–Trinajstić information content (AvgIpc) is 2.76. The molecule has 1 N–H and O–H groups in total. The number of benzene rings is 1. The lowest BCUT2D eigenvalue weighted by molar-refractivity contribution is -0.140. The number of hydrogen-bond acceptors (Lipinski definition) is 5. The van der Waals surface area contributed by atoms with Gasteiger partial charge in [-0.2, -0.15) is 0 Å². The largest absolute Gasteiger partial charge is 0.491 e. The molecule has 0 saturated carbocycles. The number of carbonyl (C=O) groups excluding carboxylic acids is 1. The minimum absolute atomic E-state index is 0.146. The number of ether oxygens (including phenoxy) is 1. The van der Waals surface area contributed by atoms with Crippen LogP contribution in [-0.2, 0) is 9.59 Å². The zero-order valence-corrected chi connectivity index (χ0v) is 14.4. The number of rotatable bonds is 6. The molecule has 7 heteroatoms. The second-order valence-corrected chi connectivity index (χ2v) is 6.74. The van der Waals surface area contributed by atoms with Crippen LogP contribution in [0.1, 0.15) is 25.8 Å². The highest BCUT2D eigenvalue weighted by Crippen LogP contribution is 2.32. The number of thiocarbonyl (C=S) groups is 1. The van der Waals surface area contributed by atoms with Crippen molar-refractivity contribution in [1.82, 2.24) is 4.90 Å². The summed E-state index contributed by atoms with van der Waals surface area (Å²) in [7, 11) is 0. The highest BCUT2D eigenvalue weighted by molar-refractivity contribution is 8.26. The molecule has 0 spiro atoms. The quantitative estimate of drug-likeness (QED) is 0.627. The number of carboxylic acids is 1. The fourth-order valence-corrected chi connectivity index (χ4v) is 3.14. The van der Waals surface area contributed by atoms with Crippen LogP contribution in [0.15, 0.2) is 29.2 Å². The number of thioether (sulfide) groups is 1. The van der Waals surface area contributed by atoms with Crippen LogP contribution in [0.3, 0.4) is 0 Å². The minimum atomic E-state index is -1.09. The minimum Gasteiger partial charge on any atom is -0.491 e. The van der Waals surface area contributed by atoms with E-state index in [4.69, 9.17) is 22.1 Å². The molecule has 1 aliphatic rings. The van der Waals surface area contributed by atoms with Crippen LogP contribution in [0.25, 0.3) is 6.08 Å².